The summed E-state index contributed by atoms with van der Waals surface area (Å²) >= 11 is 6.31. The van der Waals surface area contributed by atoms with Gasteiger partial charge in [-0.2, -0.15) is 5.10 Å². The molecule has 1 amide bonds. The molecule has 0 atom stereocenters. The number of likely N-dealkylation sites (N-methyl/N-ethyl adjacent to an activating group) is 1. The van der Waals surface area contributed by atoms with E-state index in [9.17, 15) is 9.59 Å². The van der Waals surface area contributed by atoms with Crippen molar-refractivity contribution in [2.45, 2.75) is 20.4 Å². The number of amides is 1. The van der Waals surface area contributed by atoms with Gasteiger partial charge in [-0.3, -0.25) is 9.59 Å². The summed E-state index contributed by atoms with van der Waals surface area (Å²) in [5.41, 5.74) is 3.75. The number of nitrogens with zero attached hydrogens (tertiary/aromatic N) is 3. The second-order valence-corrected chi connectivity index (χ2v) is 7.34. The number of rotatable bonds is 6. The molecule has 1 heterocycles. The Labute approximate surface area is 174 Å². The molecule has 2 aromatic carbocycles. The van der Waals surface area contributed by atoms with Crippen molar-refractivity contribution in [2.75, 3.05) is 23.8 Å². The maximum atomic E-state index is 12.6. The summed E-state index contributed by atoms with van der Waals surface area (Å²) in [7, 11) is 1.70. The van der Waals surface area contributed by atoms with E-state index >= 15 is 0 Å². The Morgan fingerprint density at radius 2 is 1.76 bits per heavy atom. The molecule has 150 valence electrons. The van der Waals surface area contributed by atoms with E-state index in [-0.39, 0.29) is 17.5 Å². The van der Waals surface area contributed by atoms with E-state index in [1.54, 1.807) is 11.9 Å². The second kappa shape index (κ2) is 8.92. The van der Waals surface area contributed by atoms with Gasteiger partial charge in [-0.1, -0.05) is 60.1 Å². The average Bonchev–Trinajstić information content (AvgIpc) is 2.69. The van der Waals surface area contributed by atoms with Crippen LogP contribution in [0.4, 0.5) is 11.4 Å². The van der Waals surface area contributed by atoms with Gasteiger partial charge in [0.25, 0.3) is 5.56 Å². The first kappa shape index (κ1) is 20.6. The first-order valence-electron chi connectivity index (χ1n) is 9.23. The number of carbonyl (C=O) groups excluding carboxylic acids is 1. The maximum Gasteiger partial charge on any atom is 0.287 e. The summed E-state index contributed by atoms with van der Waals surface area (Å²) in [5, 5.41) is 7.19. The van der Waals surface area contributed by atoms with Crippen molar-refractivity contribution in [3.05, 3.63) is 86.8 Å². The molecule has 29 heavy (non-hydrogen) atoms. The topological polar surface area (TPSA) is 67.2 Å². The van der Waals surface area contributed by atoms with Crippen LogP contribution in [-0.4, -0.2) is 29.3 Å². The molecule has 0 unspecified atom stereocenters. The zero-order valence-electron chi connectivity index (χ0n) is 16.6. The predicted octanol–water partition coefficient (Wildman–Crippen LogP) is 3.64. The van der Waals surface area contributed by atoms with Gasteiger partial charge < -0.3 is 10.2 Å². The SMILES string of the molecule is Cc1cccc(C)c1NC(=O)CN(C)c1cnn(Cc2ccccc2)c(=O)c1Cl. The Bertz CT molecular complexity index is 1060. The Hall–Kier alpha value is -3.12. The third-order valence-corrected chi connectivity index (χ3v) is 5.03. The number of benzene rings is 2. The lowest BCUT2D eigenvalue weighted by Crippen LogP contribution is -2.33. The quantitative estimate of drug-likeness (QED) is 0.673. The van der Waals surface area contributed by atoms with Crippen LogP contribution < -0.4 is 15.8 Å². The van der Waals surface area contributed by atoms with Crippen LogP contribution in [0.25, 0.3) is 0 Å². The first-order valence-corrected chi connectivity index (χ1v) is 9.61. The predicted molar refractivity (Wildman–Crippen MR) is 117 cm³/mol. The summed E-state index contributed by atoms with van der Waals surface area (Å²) in [6, 6.07) is 15.4. The van der Waals surface area contributed by atoms with E-state index in [1.165, 1.54) is 10.9 Å². The van der Waals surface area contributed by atoms with Crippen molar-refractivity contribution in [3.8, 4) is 0 Å². The monoisotopic (exact) mass is 410 g/mol. The van der Waals surface area contributed by atoms with E-state index in [0.29, 0.717) is 12.2 Å². The zero-order valence-corrected chi connectivity index (χ0v) is 17.4. The summed E-state index contributed by atoms with van der Waals surface area (Å²) < 4.78 is 1.31. The molecular formula is C22H23ClN4O2. The fourth-order valence-electron chi connectivity index (χ4n) is 3.08. The molecule has 1 aromatic heterocycles. The normalized spacial score (nSPS) is 10.6. The van der Waals surface area contributed by atoms with Gasteiger partial charge in [-0.15, -0.1) is 0 Å². The van der Waals surface area contributed by atoms with Gasteiger partial charge in [0.2, 0.25) is 5.91 Å². The average molecular weight is 411 g/mol. The lowest BCUT2D eigenvalue weighted by molar-refractivity contribution is -0.114. The number of anilines is 2. The largest absolute Gasteiger partial charge is 0.363 e. The van der Waals surface area contributed by atoms with Crippen LogP contribution in [0.1, 0.15) is 16.7 Å². The first-order chi connectivity index (χ1) is 13.9. The summed E-state index contributed by atoms with van der Waals surface area (Å²) in [4.78, 5) is 26.7. The van der Waals surface area contributed by atoms with Crippen molar-refractivity contribution >= 4 is 28.9 Å². The van der Waals surface area contributed by atoms with Crippen molar-refractivity contribution in [1.29, 1.82) is 0 Å². The smallest absolute Gasteiger partial charge is 0.287 e. The molecule has 0 aliphatic rings. The molecule has 0 saturated heterocycles. The summed E-state index contributed by atoms with van der Waals surface area (Å²) in [6.07, 6.45) is 1.51. The van der Waals surface area contributed by atoms with Crippen molar-refractivity contribution in [2.24, 2.45) is 0 Å². The van der Waals surface area contributed by atoms with Gasteiger partial charge in [-0.25, -0.2) is 4.68 Å². The molecule has 3 aromatic rings. The molecule has 0 saturated carbocycles. The molecule has 7 heteroatoms. The fraction of sp³-hybridized carbons (Fsp3) is 0.227. The molecule has 0 radical (unpaired) electrons. The van der Waals surface area contributed by atoms with Gasteiger partial charge in [0.05, 0.1) is 25.0 Å². The molecule has 1 N–H and O–H groups in total. The molecule has 0 aliphatic heterocycles. The third kappa shape index (κ3) is 4.84. The van der Waals surface area contributed by atoms with Gasteiger partial charge in [-0.05, 0) is 30.5 Å². The number of carbonyl (C=O) groups is 1. The van der Waals surface area contributed by atoms with Gasteiger partial charge in [0.1, 0.15) is 5.02 Å². The molecule has 6 nitrogen and oxygen atoms in total. The Morgan fingerprint density at radius 1 is 1.10 bits per heavy atom. The lowest BCUT2D eigenvalue weighted by Gasteiger charge is -2.20. The van der Waals surface area contributed by atoms with E-state index in [1.807, 2.05) is 62.4 Å². The lowest BCUT2D eigenvalue weighted by atomic mass is 10.1. The standard InChI is InChI=1S/C22H23ClN4O2/c1-15-8-7-9-16(2)21(15)25-19(28)14-26(3)18-12-24-27(22(29)20(18)23)13-17-10-5-4-6-11-17/h4-12H,13-14H2,1-3H3,(H,25,28). The van der Waals surface area contributed by atoms with Crippen molar-refractivity contribution in [3.63, 3.8) is 0 Å². The number of halogens is 1. The van der Waals surface area contributed by atoms with Crippen LogP contribution in [-0.2, 0) is 11.3 Å². The molecule has 0 bridgehead atoms. The second-order valence-electron chi connectivity index (χ2n) is 6.96. The van der Waals surface area contributed by atoms with Gasteiger partial charge in [0, 0.05) is 12.7 Å². The molecule has 3 rings (SSSR count). The van der Waals surface area contributed by atoms with Gasteiger partial charge >= 0.3 is 0 Å². The highest BCUT2D eigenvalue weighted by molar-refractivity contribution is 6.33. The van der Waals surface area contributed by atoms with Crippen LogP contribution in [0.2, 0.25) is 5.02 Å². The number of aromatic nitrogens is 2. The Balaban J connectivity index is 1.74. The molecule has 0 fully saturated rings. The molecule has 0 spiro atoms. The number of nitrogens with one attached hydrogen (secondary N) is 1. The maximum absolute atomic E-state index is 12.6. The molecular weight excluding hydrogens is 388 g/mol. The number of aryl methyl sites for hydroxylation is 2. The summed E-state index contributed by atoms with van der Waals surface area (Å²) in [5.74, 6) is -0.200. The highest BCUT2D eigenvalue weighted by atomic mass is 35.5. The van der Waals surface area contributed by atoms with Crippen LogP contribution in [0.15, 0.2) is 59.5 Å². The number of para-hydroxylation sites is 1. The fourth-order valence-corrected chi connectivity index (χ4v) is 3.37. The molecule has 0 aliphatic carbocycles. The van der Waals surface area contributed by atoms with E-state index in [4.69, 9.17) is 11.6 Å². The number of hydrogen-bond donors (Lipinski definition) is 1. The minimum absolute atomic E-state index is 0.0390. The van der Waals surface area contributed by atoms with E-state index < -0.39 is 5.56 Å². The van der Waals surface area contributed by atoms with E-state index in [0.717, 1.165) is 22.4 Å². The minimum Gasteiger partial charge on any atom is -0.363 e. The highest BCUT2D eigenvalue weighted by Crippen LogP contribution is 2.21. The van der Waals surface area contributed by atoms with Gasteiger partial charge in [0.15, 0.2) is 0 Å². The Kier molecular flexibility index (Phi) is 6.34. The van der Waals surface area contributed by atoms with Crippen molar-refractivity contribution < 1.29 is 4.79 Å². The minimum atomic E-state index is -0.393. The third-order valence-electron chi connectivity index (χ3n) is 4.68. The summed E-state index contributed by atoms with van der Waals surface area (Å²) in [6.45, 7) is 4.26. The highest BCUT2D eigenvalue weighted by Gasteiger charge is 2.16. The van der Waals surface area contributed by atoms with Crippen LogP contribution >= 0.6 is 11.6 Å². The zero-order chi connectivity index (χ0) is 21.0. The Morgan fingerprint density at radius 3 is 2.41 bits per heavy atom. The van der Waals surface area contributed by atoms with Crippen LogP contribution in [0, 0.1) is 13.8 Å². The van der Waals surface area contributed by atoms with E-state index in [2.05, 4.69) is 10.4 Å². The van der Waals surface area contributed by atoms with Crippen molar-refractivity contribution in [1.82, 2.24) is 9.78 Å². The number of hydrogen-bond acceptors (Lipinski definition) is 4. The van der Waals surface area contributed by atoms with Crippen LogP contribution in [0.5, 0.6) is 0 Å². The van der Waals surface area contributed by atoms with Crippen LogP contribution in [0.3, 0.4) is 0 Å².